The molecule has 1 heterocycles. The maximum absolute atomic E-state index is 13.0. The van der Waals surface area contributed by atoms with E-state index >= 15 is 0 Å². The first-order chi connectivity index (χ1) is 12.6. The molecule has 2 amide bonds. The average Bonchev–Trinajstić information content (AvgIpc) is 2.66. The number of nitrogens with zero attached hydrogens (tertiary/aromatic N) is 2. The summed E-state index contributed by atoms with van der Waals surface area (Å²) in [7, 11) is 2.00. The molecule has 0 fully saturated rings. The molecule has 2 aromatic rings. The van der Waals surface area contributed by atoms with E-state index in [1.54, 1.807) is 4.90 Å². The van der Waals surface area contributed by atoms with Crippen LogP contribution in [-0.2, 0) is 16.0 Å². The van der Waals surface area contributed by atoms with Crippen molar-refractivity contribution in [3.8, 4) is 0 Å². The summed E-state index contributed by atoms with van der Waals surface area (Å²) in [5, 5.41) is 2.83. The maximum atomic E-state index is 13.0. The molecule has 134 valence electrons. The van der Waals surface area contributed by atoms with Crippen LogP contribution >= 0.6 is 0 Å². The van der Waals surface area contributed by atoms with Crippen LogP contribution in [-0.4, -0.2) is 36.9 Å². The van der Waals surface area contributed by atoms with E-state index in [1.807, 2.05) is 31.3 Å². The minimum absolute atomic E-state index is 0.0437. The number of anilines is 2. The predicted molar refractivity (Wildman–Crippen MR) is 102 cm³/mol. The number of carbonyl (C=O) groups is 2. The van der Waals surface area contributed by atoms with Gasteiger partial charge >= 0.3 is 0 Å². The molecule has 2 aliphatic rings. The van der Waals surface area contributed by atoms with E-state index in [9.17, 15) is 9.59 Å². The Bertz CT molecular complexity index is 849. The number of benzene rings is 2. The first-order valence-electron chi connectivity index (χ1n) is 9.11. The summed E-state index contributed by atoms with van der Waals surface area (Å²) in [5.74, 6) is -0.194. The standard InChI is InChI=1S/C21H23N3O2/c1-23(18-12-6-8-15-7-2-3-9-16(15)18)14-21(26)24-13-20(25)22-17-10-4-5-11-19(17)24/h2-5,7,9-11,18H,6,8,12-14H2,1H3,(H,22,25)/t18-/m0/s1. The summed E-state index contributed by atoms with van der Waals surface area (Å²) in [6, 6.07) is 16.2. The van der Waals surface area contributed by atoms with Crippen LogP contribution < -0.4 is 10.2 Å². The number of amides is 2. The van der Waals surface area contributed by atoms with Crippen molar-refractivity contribution in [2.45, 2.75) is 25.3 Å². The smallest absolute Gasteiger partial charge is 0.244 e. The zero-order chi connectivity index (χ0) is 18.1. The number of fused-ring (bicyclic) bond motifs is 2. The van der Waals surface area contributed by atoms with Gasteiger partial charge in [0, 0.05) is 6.04 Å². The average molecular weight is 349 g/mol. The van der Waals surface area contributed by atoms with Gasteiger partial charge in [-0.05, 0) is 49.6 Å². The second kappa shape index (κ2) is 6.92. The van der Waals surface area contributed by atoms with Crippen LogP contribution in [0.1, 0.15) is 30.0 Å². The van der Waals surface area contributed by atoms with E-state index in [0.29, 0.717) is 12.2 Å². The molecule has 5 heteroatoms. The number of likely N-dealkylation sites (N-methyl/N-ethyl adjacent to an activating group) is 1. The predicted octanol–water partition coefficient (Wildman–Crippen LogP) is 2.98. The van der Waals surface area contributed by atoms with Crippen molar-refractivity contribution in [1.29, 1.82) is 0 Å². The monoisotopic (exact) mass is 349 g/mol. The fourth-order valence-corrected chi connectivity index (χ4v) is 4.05. The summed E-state index contributed by atoms with van der Waals surface area (Å²) >= 11 is 0. The first-order valence-corrected chi connectivity index (χ1v) is 9.11. The zero-order valence-electron chi connectivity index (χ0n) is 14.9. The van der Waals surface area contributed by atoms with Gasteiger partial charge in [-0.2, -0.15) is 0 Å². The molecule has 0 bridgehead atoms. The third kappa shape index (κ3) is 3.10. The van der Waals surface area contributed by atoms with E-state index in [2.05, 4.69) is 34.5 Å². The number of aryl methyl sites for hydroxylation is 1. The maximum Gasteiger partial charge on any atom is 0.244 e. The van der Waals surface area contributed by atoms with E-state index in [0.717, 1.165) is 24.9 Å². The third-order valence-corrected chi connectivity index (χ3v) is 5.33. The van der Waals surface area contributed by atoms with E-state index in [1.165, 1.54) is 11.1 Å². The molecule has 4 rings (SSSR count). The van der Waals surface area contributed by atoms with Crippen LogP contribution in [0.2, 0.25) is 0 Å². The first kappa shape index (κ1) is 16.8. The van der Waals surface area contributed by atoms with Crippen LogP contribution in [0, 0.1) is 0 Å². The topological polar surface area (TPSA) is 52.7 Å². The van der Waals surface area contributed by atoms with Gasteiger partial charge in [-0.25, -0.2) is 0 Å². The zero-order valence-corrected chi connectivity index (χ0v) is 14.9. The SMILES string of the molecule is CN(CC(=O)N1CC(=O)Nc2ccccc21)[C@H]1CCCc2ccccc21. The molecule has 0 saturated heterocycles. The third-order valence-electron chi connectivity index (χ3n) is 5.33. The second-order valence-electron chi connectivity index (χ2n) is 7.07. The molecule has 1 N–H and O–H groups in total. The van der Waals surface area contributed by atoms with Gasteiger partial charge in [-0.1, -0.05) is 36.4 Å². The molecule has 1 aliphatic heterocycles. The van der Waals surface area contributed by atoms with Gasteiger partial charge in [0.05, 0.1) is 17.9 Å². The highest BCUT2D eigenvalue weighted by atomic mass is 16.2. The quantitative estimate of drug-likeness (QED) is 0.927. The summed E-state index contributed by atoms with van der Waals surface area (Å²) in [5.41, 5.74) is 4.17. The fourth-order valence-electron chi connectivity index (χ4n) is 4.05. The number of hydrogen-bond acceptors (Lipinski definition) is 3. The number of hydrogen-bond donors (Lipinski definition) is 1. The van der Waals surface area contributed by atoms with Gasteiger partial charge < -0.3 is 5.32 Å². The van der Waals surface area contributed by atoms with Gasteiger partial charge in [0.15, 0.2) is 0 Å². The van der Waals surface area contributed by atoms with Gasteiger partial charge in [-0.15, -0.1) is 0 Å². The summed E-state index contributed by atoms with van der Waals surface area (Å²) < 4.78 is 0. The number of para-hydroxylation sites is 2. The lowest BCUT2D eigenvalue weighted by Gasteiger charge is -2.35. The Morgan fingerprint density at radius 3 is 2.85 bits per heavy atom. The van der Waals surface area contributed by atoms with Gasteiger partial charge in [-0.3, -0.25) is 19.4 Å². The molecule has 1 aliphatic carbocycles. The Hall–Kier alpha value is -2.66. The minimum Gasteiger partial charge on any atom is -0.323 e. The van der Waals surface area contributed by atoms with Crippen molar-refractivity contribution < 1.29 is 9.59 Å². The van der Waals surface area contributed by atoms with E-state index in [4.69, 9.17) is 0 Å². The van der Waals surface area contributed by atoms with Crippen LogP contribution in [0.4, 0.5) is 11.4 Å². The molecular weight excluding hydrogens is 326 g/mol. The molecule has 0 radical (unpaired) electrons. The van der Waals surface area contributed by atoms with Crippen LogP contribution in [0.25, 0.3) is 0 Å². The highest BCUT2D eigenvalue weighted by Gasteiger charge is 2.30. The van der Waals surface area contributed by atoms with Gasteiger partial charge in [0.25, 0.3) is 0 Å². The Balaban J connectivity index is 1.53. The Morgan fingerprint density at radius 2 is 1.96 bits per heavy atom. The van der Waals surface area contributed by atoms with Gasteiger partial charge in [0.2, 0.25) is 11.8 Å². The number of rotatable bonds is 3. The number of carbonyl (C=O) groups excluding carboxylic acids is 2. The Kier molecular flexibility index (Phi) is 4.47. The lowest BCUT2D eigenvalue weighted by atomic mass is 9.87. The van der Waals surface area contributed by atoms with Gasteiger partial charge in [0.1, 0.15) is 6.54 Å². The van der Waals surface area contributed by atoms with Crippen molar-refractivity contribution in [2.75, 3.05) is 30.4 Å². The molecule has 0 aromatic heterocycles. The Morgan fingerprint density at radius 1 is 1.19 bits per heavy atom. The summed E-state index contributed by atoms with van der Waals surface area (Å²) in [6.07, 6.45) is 3.29. The molecule has 2 aromatic carbocycles. The van der Waals surface area contributed by atoms with Crippen LogP contribution in [0.3, 0.4) is 0 Å². The van der Waals surface area contributed by atoms with Crippen molar-refractivity contribution >= 4 is 23.2 Å². The highest BCUT2D eigenvalue weighted by Crippen LogP contribution is 2.34. The molecule has 0 unspecified atom stereocenters. The van der Waals surface area contributed by atoms with E-state index < -0.39 is 0 Å². The minimum atomic E-state index is -0.150. The Labute approximate surface area is 153 Å². The molecule has 5 nitrogen and oxygen atoms in total. The lowest BCUT2D eigenvalue weighted by Crippen LogP contribution is -2.46. The van der Waals surface area contributed by atoms with Crippen molar-refractivity contribution in [3.05, 3.63) is 59.7 Å². The second-order valence-corrected chi connectivity index (χ2v) is 7.07. The normalized spacial score (nSPS) is 18.9. The molecule has 0 spiro atoms. The van der Waals surface area contributed by atoms with Crippen molar-refractivity contribution in [1.82, 2.24) is 4.90 Å². The molecule has 1 atom stereocenters. The highest BCUT2D eigenvalue weighted by molar-refractivity contribution is 6.10. The fraction of sp³-hybridized carbons (Fsp3) is 0.333. The summed E-state index contributed by atoms with van der Waals surface area (Å²) in [6.45, 7) is 0.367. The largest absolute Gasteiger partial charge is 0.323 e. The van der Waals surface area contributed by atoms with Crippen molar-refractivity contribution in [2.24, 2.45) is 0 Å². The van der Waals surface area contributed by atoms with E-state index in [-0.39, 0.29) is 24.4 Å². The summed E-state index contributed by atoms with van der Waals surface area (Å²) in [4.78, 5) is 28.7. The molecular formula is C21H23N3O2. The van der Waals surface area contributed by atoms with Crippen LogP contribution in [0.15, 0.2) is 48.5 Å². The van der Waals surface area contributed by atoms with Crippen LogP contribution in [0.5, 0.6) is 0 Å². The van der Waals surface area contributed by atoms with Crippen molar-refractivity contribution in [3.63, 3.8) is 0 Å². The molecule has 26 heavy (non-hydrogen) atoms. The lowest BCUT2D eigenvalue weighted by molar-refractivity contribution is -0.122. The number of nitrogens with one attached hydrogen (secondary N) is 1. The molecule has 0 saturated carbocycles.